The highest BCUT2D eigenvalue weighted by Crippen LogP contribution is 2.05. The summed E-state index contributed by atoms with van der Waals surface area (Å²) in [5, 5.41) is 19.3. The summed E-state index contributed by atoms with van der Waals surface area (Å²) >= 11 is 0. The SMILES string of the molecule is CC(NC(=O)C(NC(=O)CNCCN)C(C)C)C(=O)NC(CC(=O)O)C(=O)COC(=O)c1ccccc1. The Kier molecular flexibility index (Phi) is 13.5. The van der Waals surface area contributed by atoms with Crippen LogP contribution in [-0.2, 0) is 28.7 Å². The van der Waals surface area contributed by atoms with Crippen molar-refractivity contribution in [1.82, 2.24) is 21.3 Å². The number of carbonyl (C=O) groups excluding carboxylic acids is 5. The van der Waals surface area contributed by atoms with E-state index < -0.39 is 66.6 Å². The number of benzene rings is 1. The number of carboxylic acid groups (broad SMARTS) is 1. The summed E-state index contributed by atoms with van der Waals surface area (Å²) in [7, 11) is 0. The molecule has 0 aliphatic carbocycles. The van der Waals surface area contributed by atoms with Crippen LogP contribution in [0.1, 0.15) is 37.6 Å². The van der Waals surface area contributed by atoms with E-state index in [1.807, 2.05) is 0 Å². The van der Waals surface area contributed by atoms with Crippen LogP contribution in [0.3, 0.4) is 0 Å². The van der Waals surface area contributed by atoms with Crippen molar-refractivity contribution in [3.63, 3.8) is 0 Å². The number of carbonyl (C=O) groups is 6. The Labute approximate surface area is 214 Å². The lowest BCUT2D eigenvalue weighted by molar-refractivity contribution is -0.141. The van der Waals surface area contributed by atoms with Crippen molar-refractivity contribution >= 4 is 35.4 Å². The molecule has 0 fully saturated rings. The molecule has 13 heteroatoms. The molecule has 13 nitrogen and oxygen atoms in total. The van der Waals surface area contributed by atoms with E-state index in [0.717, 1.165) is 0 Å². The lowest BCUT2D eigenvalue weighted by atomic mass is 10.0. The molecule has 0 saturated heterocycles. The maximum Gasteiger partial charge on any atom is 0.338 e. The fourth-order valence-electron chi connectivity index (χ4n) is 3.04. The first-order valence-electron chi connectivity index (χ1n) is 11.7. The smallest absolute Gasteiger partial charge is 0.338 e. The van der Waals surface area contributed by atoms with Gasteiger partial charge in [0.2, 0.25) is 17.7 Å². The average molecular weight is 522 g/mol. The van der Waals surface area contributed by atoms with Gasteiger partial charge in [0, 0.05) is 13.1 Å². The Hall–Kier alpha value is -3.84. The van der Waals surface area contributed by atoms with Gasteiger partial charge in [0.15, 0.2) is 12.4 Å². The molecule has 3 atom stereocenters. The number of carboxylic acids is 1. The van der Waals surface area contributed by atoms with Crippen molar-refractivity contribution in [1.29, 1.82) is 0 Å². The van der Waals surface area contributed by atoms with Crippen LogP contribution in [0, 0.1) is 5.92 Å². The normalized spacial score (nSPS) is 13.1. The quantitative estimate of drug-likeness (QED) is 0.110. The number of hydrogen-bond donors (Lipinski definition) is 6. The molecule has 0 bridgehead atoms. The maximum absolute atomic E-state index is 12.7. The van der Waals surface area contributed by atoms with E-state index in [0.29, 0.717) is 13.1 Å². The molecule has 7 N–H and O–H groups in total. The number of amides is 3. The van der Waals surface area contributed by atoms with Crippen molar-refractivity contribution < 1.29 is 38.6 Å². The predicted molar refractivity (Wildman–Crippen MR) is 132 cm³/mol. The monoisotopic (exact) mass is 521 g/mol. The molecule has 0 aliphatic rings. The second-order valence-corrected chi connectivity index (χ2v) is 8.55. The highest BCUT2D eigenvalue weighted by molar-refractivity contribution is 5.97. The Morgan fingerprint density at radius 1 is 0.946 bits per heavy atom. The average Bonchev–Trinajstić information content (AvgIpc) is 2.85. The Bertz CT molecular complexity index is 954. The zero-order chi connectivity index (χ0) is 28.0. The van der Waals surface area contributed by atoms with Crippen LogP contribution in [0.2, 0.25) is 0 Å². The highest BCUT2D eigenvalue weighted by Gasteiger charge is 2.30. The molecule has 1 aromatic carbocycles. The fraction of sp³-hybridized carbons (Fsp3) is 0.500. The van der Waals surface area contributed by atoms with Crippen molar-refractivity contribution in [2.45, 2.75) is 45.3 Å². The lowest BCUT2D eigenvalue weighted by Gasteiger charge is -2.25. The first-order valence-corrected chi connectivity index (χ1v) is 11.7. The summed E-state index contributed by atoms with van der Waals surface area (Å²) in [6, 6.07) is 4.26. The molecule has 1 aromatic rings. The number of hydrogen-bond acceptors (Lipinski definition) is 9. The van der Waals surface area contributed by atoms with E-state index in [-0.39, 0.29) is 18.0 Å². The molecular formula is C24H35N5O8. The summed E-state index contributed by atoms with van der Waals surface area (Å²) in [4.78, 5) is 73.2. The minimum Gasteiger partial charge on any atom is -0.481 e. The number of nitrogens with one attached hydrogen (secondary N) is 4. The maximum atomic E-state index is 12.7. The third-order valence-electron chi connectivity index (χ3n) is 5.06. The molecule has 0 spiro atoms. The molecule has 0 heterocycles. The summed E-state index contributed by atoms with van der Waals surface area (Å²) < 4.78 is 4.93. The second-order valence-electron chi connectivity index (χ2n) is 8.55. The number of esters is 1. The van der Waals surface area contributed by atoms with E-state index in [1.54, 1.807) is 32.0 Å². The van der Waals surface area contributed by atoms with Crippen LogP contribution in [0.25, 0.3) is 0 Å². The first kappa shape index (κ1) is 31.2. The summed E-state index contributed by atoms with van der Waals surface area (Å²) in [5.41, 5.74) is 5.56. The highest BCUT2D eigenvalue weighted by atomic mass is 16.5. The third kappa shape index (κ3) is 11.6. The predicted octanol–water partition coefficient (Wildman–Crippen LogP) is -1.43. The van der Waals surface area contributed by atoms with Gasteiger partial charge in [-0.2, -0.15) is 0 Å². The molecule has 0 aromatic heterocycles. The van der Waals surface area contributed by atoms with E-state index >= 15 is 0 Å². The van der Waals surface area contributed by atoms with Gasteiger partial charge >= 0.3 is 11.9 Å². The zero-order valence-corrected chi connectivity index (χ0v) is 21.1. The minimum atomic E-state index is -1.50. The van der Waals surface area contributed by atoms with Gasteiger partial charge in [0.05, 0.1) is 18.5 Å². The molecule has 0 saturated carbocycles. The van der Waals surface area contributed by atoms with Crippen LogP contribution in [0.15, 0.2) is 30.3 Å². The van der Waals surface area contributed by atoms with Gasteiger partial charge in [-0.25, -0.2) is 4.79 Å². The largest absolute Gasteiger partial charge is 0.481 e. The second kappa shape index (κ2) is 16.0. The molecule has 3 unspecified atom stereocenters. The fourth-order valence-corrected chi connectivity index (χ4v) is 3.04. The number of Topliss-reactive ketones (excluding diaryl/α,β-unsaturated/α-hetero) is 1. The molecule has 204 valence electrons. The van der Waals surface area contributed by atoms with Crippen LogP contribution in [0.5, 0.6) is 0 Å². The van der Waals surface area contributed by atoms with E-state index in [2.05, 4.69) is 21.3 Å². The Morgan fingerprint density at radius 2 is 1.59 bits per heavy atom. The van der Waals surface area contributed by atoms with E-state index in [4.69, 9.17) is 15.6 Å². The molecule has 3 amide bonds. The summed E-state index contributed by atoms with van der Waals surface area (Å²) in [6.07, 6.45) is -0.755. The van der Waals surface area contributed by atoms with Gasteiger partial charge in [-0.05, 0) is 25.0 Å². The number of ether oxygens (including phenoxy) is 1. The molecular weight excluding hydrogens is 486 g/mol. The lowest BCUT2D eigenvalue weighted by Crippen LogP contribution is -2.57. The number of rotatable bonds is 16. The minimum absolute atomic E-state index is 0.0441. The molecule has 0 aliphatic heterocycles. The van der Waals surface area contributed by atoms with Gasteiger partial charge < -0.3 is 36.8 Å². The number of nitrogens with two attached hydrogens (primary N) is 1. The topological polar surface area (TPSA) is 206 Å². The Morgan fingerprint density at radius 3 is 2.16 bits per heavy atom. The van der Waals surface area contributed by atoms with Crippen LogP contribution >= 0.6 is 0 Å². The van der Waals surface area contributed by atoms with Crippen LogP contribution in [-0.4, -0.2) is 84.9 Å². The van der Waals surface area contributed by atoms with Crippen molar-refractivity contribution in [3.8, 4) is 0 Å². The van der Waals surface area contributed by atoms with Crippen LogP contribution < -0.4 is 27.0 Å². The number of aliphatic carboxylic acids is 1. The van der Waals surface area contributed by atoms with Gasteiger partial charge in [0.1, 0.15) is 18.1 Å². The van der Waals surface area contributed by atoms with Crippen LogP contribution in [0.4, 0.5) is 0 Å². The van der Waals surface area contributed by atoms with E-state index in [9.17, 15) is 28.8 Å². The van der Waals surface area contributed by atoms with Gasteiger partial charge in [-0.3, -0.25) is 24.0 Å². The summed E-state index contributed by atoms with van der Waals surface area (Å²) in [6.45, 7) is 4.72. The van der Waals surface area contributed by atoms with Crippen molar-refractivity contribution in [2.24, 2.45) is 11.7 Å². The standard InChI is InChI=1S/C24H35N5O8/c1-14(2)21(29-19(31)12-26-10-9-25)23(35)27-15(3)22(34)28-17(11-20(32)33)18(30)13-37-24(36)16-7-5-4-6-8-16/h4-8,14-15,17,21,26H,9-13,25H2,1-3H3,(H,27,35)(H,28,34)(H,29,31)(H,32,33). The van der Waals surface area contributed by atoms with Crippen molar-refractivity contribution in [2.75, 3.05) is 26.2 Å². The van der Waals surface area contributed by atoms with E-state index in [1.165, 1.54) is 19.1 Å². The van der Waals surface area contributed by atoms with Gasteiger partial charge in [-0.15, -0.1) is 0 Å². The molecule has 0 radical (unpaired) electrons. The first-order chi connectivity index (χ1) is 17.5. The van der Waals surface area contributed by atoms with Gasteiger partial charge in [0.25, 0.3) is 0 Å². The zero-order valence-electron chi connectivity index (χ0n) is 21.1. The summed E-state index contributed by atoms with van der Waals surface area (Å²) in [5.74, 6) is -5.20. The number of ketones is 1. The van der Waals surface area contributed by atoms with Crippen molar-refractivity contribution in [3.05, 3.63) is 35.9 Å². The molecule has 37 heavy (non-hydrogen) atoms. The third-order valence-corrected chi connectivity index (χ3v) is 5.06. The van der Waals surface area contributed by atoms with Gasteiger partial charge in [-0.1, -0.05) is 32.0 Å². The Balaban J connectivity index is 2.73. The molecule has 1 rings (SSSR count).